The molecule has 0 spiro atoms. The summed E-state index contributed by atoms with van der Waals surface area (Å²) in [5, 5.41) is 9.97. The molecule has 5 nitrogen and oxygen atoms in total. The Kier molecular flexibility index (Phi) is 7.23. The number of aliphatic carboxylic acids is 1. The third-order valence-electron chi connectivity index (χ3n) is 6.06. The molecule has 0 aromatic heterocycles. The molecule has 0 fully saturated rings. The van der Waals surface area contributed by atoms with Gasteiger partial charge < -0.3 is 14.7 Å². The maximum Gasteiger partial charge on any atom is 0.323 e. The van der Waals surface area contributed by atoms with Crippen LogP contribution in [-0.4, -0.2) is 34.0 Å². The van der Waals surface area contributed by atoms with Crippen molar-refractivity contribution in [3.8, 4) is 5.75 Å². The van der Waals surface area contributed by atoms with Crippen LogP contribution in [0.15, 0.2) is 72.8 Å². The molecule has 1 heterocycles. The smallest absolute Gasteiger partial charge is 0.323 e. The Labute approximate surface area is 204 Å². The van der Waals surface area contributed by atoms with Gasteiger partial charge in [0.2, 0.25) is 5.91 Å². The lowest BCUT2D eigenvalue weighted by Gasteiger charge is -2.24. The highest BCUT2D eigenvalue weighted by Gasteiger charge is 2.35. The highest BCUT2D eigenvalue weighted by Crippen LogP contribution is 2.37. The van der Waals surface area contributed by atoms with Gasteiger partial charge in [-0.05, 0) is 53.8 Å². The number of carboxylic acid groups (broad SMARTS) is 1. The summed E-state index contributed by atoms with van der Waals surface area (Å²) in [4.78, 5) is 25.5. The number of carboxylic acids is 1. The van der Waals surface area contributed by atoms with Crippen LogP contribution >= 0.6 is 11.6 Å². The van der Waals surface area contributed by atoms with Gasteiger partial charge in [0.25, 0.3) is 0 Å². The summed E-state index contributed by atoms with van der Waals surface area (Å²) in [6.45, 7) is 2.08. The molecule has 1 unspecified atom stereocenters. The van der Waals surface area contributed by atoms with Crippen LogP contribution in [0.1, 0.15) is 35.6 Å². The van der Waals surface area contributed by atoms with E-state index in [1.165, 1.54) is 10.5 Å². The van der Waals surface area contributed by atoms with E-state index in [4.69, 9.17) is 16.3 Å². The number of rotatable bonds is 9. The average Bonchev–Trinajstić information content (AvgIpc) is 3.14. The monoisotopic (exact) mass is 477 g/mol. The van der Waals surface area contributed by atoms with E-state index in [0.29, 0.717) is 6.42 Å². The number of fused-ring (bicyclic) bond motifs is 1. The summed E-state index contributed by atoms with van der Waals surface area (Å²) in [6.07, 6.45) is 2.36. The van der Waals surface area contributed by atoms with Gasteiger partial charge in [-0.3, -0.25) is 9.59 Å². The van der Waals surface area contributed by atoms with Gasteiger partial charge in [-0.25, -0.2) is 0 Å². The fourth-order valence-electron chi connectivity index (χ4n) is 4.47. The highest BCUT2D eigenvalue weighted by atomic mass is 35.5. The fourth-order valence-corrected chi connectivity index (χ4v) is 4.60. The summed E-state index contributed by atoms with van der Waals surface area (Å²) in [5.74, 6) is -0.308. The summed E-state index contributed by atoms with van der Waals surface area (Å²) in [6, 6.07) is 23.3. The summed E-state index contributed by atoms with van der Waals surface area (Å²) >= 11 is 6.00. The Morgan fingerprint density at radius 1 is 1.00 bits per heavy atom. The van der Waals surface area contributed by atoms with E-state index in [-0.39, 0.29) is 31.0 Å². The zero-order valence-corrected chi connectivity index (χ0v) is 19.9. The molecule has 3 aromatic rings. The number of nitrogens with zero attached hydrogens (tertiary/aromatic N) is 1. The first-order chi connectivity index (χ1) is 16.3. The molecule has 0 bridgehead atoms. The summed E-state index contributed by atoms with van der Waals surface area (Å²) < 4.78 is 6.28. The van der Waals surface area contributed by atoms with E-state index in [1.807, 2.05) is 66.7 Å². The standard InChI is InChI=1S/C28H28ClNO4/c1-28(16-21-7-11-24(29)12-8-21)17-23-15-20(9-13-25(23)34-28)10-14-26(31)30(19-27(32)33)18-22-5-3-2-4-6-22/h2-9,11-13,15H,10,14,16-19H2,1H3,(H,32,33). The molecule has 0 saturated carbocycles. The first kappa shape index (κ1) is 23.8. The zero-order valence-electron chi connectivity index (χ0n) is 19.2. The van der Waals surface area contributed by atoms with E-state index in [0.717, 1.165) is 40.3 Å². The summed E-state index contributed by atoms with van der Waals surface area (Å²) in [7, 11) is 0. The molecule has 34 heavy (non-hydrogen) atoms. The maximum atomic E-state index is 12.8. The van der Waals surface area contributed by atoms with Gasteiger partial charge in [0, 0.05) is 30.8 Å². The minimum absolute atomic E-state index is 0.171. The lowest BCUT2D eigenvalue weighted by molar-refractivity contribution is -0.144. The molecule has 0 radical (unpaired) electrons. The van der Waals surface area contributed by atoms with Crippen LogP contribution in [-0.2, 0) is 35.4 Å². The first-order valence-electron chi connectivity index (χ1n) is 11.4. The van der Waals surface area contributed by atoms with Crippen LogP contribution in [0.4, 0.5) is 0 Å². The maximum absolute atomic E-state index is 12.8. The number of amides is 1. The Balaban J connectivity index is 1.38. The predicted molar refractivity (Wildman–Crippen MR) is 132 cm³/mol. The second kappa shape index (κ2) is 10.3. The minimum Gasteiger partial charge on any atom is -0.487 e. The average molecular weight is 478 g/mol. The second-order valence-corrected chi connectivity index (χ2v) is 9.54. The zero-order chi connectivity index (χ0) is 24.1. The van der Waals surface area contributed by atoms with Gasteiger partial charge in [0.05, 0.1) is 0 Å². The Hall–Kier alpha value is -3.31. The number of ether oxygens (including phenoxy) is 1. The minimum atomic E-state index is -1.01. The lowest BCUT2D eigenvalue weighted by atomic mass is 9.91. The van der Waals surface area contributed by atoms with Crippen molar-refractivity contribution in [1.29, 1.82) is 0 Å². The topological polar surface area (TPSA) is 66.8 Å². The van der Waals surface area contributed by atoms with E-state index >= 15 is 0 Å². The lowest BCUT2D eigenvalue weighted by Crippen LogP contribution is -2.35. The largest absolute Gasteiger partial charge is 0.487 e. The third kappa shape index (κ3) is 6.17. The normalized spacial score (nSPS) is 16.5. The summed E-state index contributed by atoms with van der Waals surface area (Å²) in [5.41, 5.74) is 3.92. The molecule has 1 aliphatic heterocycles. The molecule has 1 atom stereocenters. The number of hydrogen-bond donors (Lipinski definition) is 1. The van der Waals surface area contributed by atoms with Crippen molar-refractivity contribution >= 4 is 23.5 Å². The van der Waals surface area contributed by atoms with Gasteiger partial charge in [-0.15, -0.1) is 0 Å². The Bertz CT molecular complexity index is 1160. The molecule has 0 aliphatic carbocycles. The SMILES string of the molecule is CC1(Cc2ccc(Cl)cc2)Cc2cc(CCC(=O)N(CC(=O)O)Cc3ccccc3)ccc2O1. The molecule has 3 aromatic carbocycles. The van der Waals surface area contributed by atoms with Crippen LogP contribution < -0.4 is 4.74 Å². The number of halogens is 1. The van der Waals surface area contributed by atoms with Crippen molar-refractivity contribution in [2.24, 2.45) is 0 Å². The van der Waals surface area contributed by atoms with Gasteiger partial charge in [-0.2, -0.15) is 0 Å². The highest BCUT2D eigenvalue weighted by molar-refractivity contribution is 6.30. The van der Waals surface area contributed by atoms with Gasteiger partial charge in [0.15, 0.2) is 0 Å². The molecule has 1 N–H and O–H groups in total. The number of benzene rings is 3. The fraction of sp³-hybridized carbons (Fsp3) is 0.286. The van der Waals surface area contributed by atoms with E-state index in [9.17, 15) is 14.7 Å². The van der Waals surface area contributed by atoms with Crippen LogP contribution in [0, 0.1) is 0 Å². The molecule has 0 saturated heterocycles. The van der Waals surface area contributed by atoms with Crippen molar-refractivity contribution < 1.29 is 19.4 Å². The van der Waals surface area contributed by atoms with Gasteiger partial charge in [-0.1, -0.05) is 66.2 Å². The molecular formula is C28H28ClNO4. The van der Waals surface area contributed by atoms with Gasteiger partial charge in [0.1, 0.15) is 17.9 Å². The molecule has 4 rings (SSSR count). The van der Waals surface area contributed by atoms with E-state index < -0.39 is 5.97 Å². The Morgan fingerprint density at radius 2 is 1.71 bits per heavy atom. The van der Waals surface area contributed by atoms with Crippen molar-refractivity contribution in [3.05, 3.63) is 100 Å². The van der Waals surface area contributed by atoms with Crippen molar-refractivity contribution in [1.82, 2.24) is 4.90 Å². The van der Waals surface area contributed by atoms with Crippen molar-refractivity contribution in [2.45, 2.75) is 44.8 Å². The van der Waals surface area contributed by atoms with Crippen LogP contribution in [0.5, 0.6) is 5.75 Å². The van der Waals surface area contributed by atoms with Crippen molar-refractivity contribution in [3.63, 3.8) is 0 Å². The predicted octanol–water partition coefficient (Wildman–Crippen LogP) is 5.32. The number of carbonyl (C=O) groups excluding carboxylic acids is 1. The molecular weight excluding hydrogens is 450 g/mol. The number of hydrogen-bond acceptors (Lipinski definition) is 3. The third-order valence-corrected chi connectivity index (χ3v) is 6.31. The molecule has 6 heteroatoms. The van der Waals surface area contributed by atoms with E-state index in [1.54, 1.807) is 0 Å². The molecule has 1 aliphatic rings. The Morgan fingerprint density at radius 3 is 2.41 bits per heavy atom. The van der Waals surface area contributed by atoms with Gasteiger partial charge >= 0.3 is 5.97 Å². The quantitative estimate of drug-likeness (QED) is 0.452. The molecule has 176 valence electrons. The molecule has 1 amide bonds. The second-order valence-electron chi connectivity index (χ2n) is 9.10. The van der Waals surface area contributed by atoms with Crippen LogP contribution in [0.3, 0.4) is 0 Å². The number of aryl methyl sites for hydroxylation is 1. The van der Waals surface area contributed by atoms with E-state index in [2.05, 4.69) is 13.0 Å². The van der Waals surface area contributed by atoms with Crippen molar-refractivity contribution in [2.75, 3.05) is 6.54 Å². The van der Waals surface area contributed by atoms with Crippen LogP contribution in [0.25, 0.3) is 0 Å². The first-order valence-corrected chi connectivity index (χ1v) is 11.8. The van der Waals surface area contributed by atoms with Crippen LogP contribution in [0.2, 0.25) is 5.02 Å². The number of carbonyl (C=O) groups is 2.